The fraction of sp³-hybridized carbons (Fsp3) is 0.333. The summed E-state index contributed by atoms with van der Waals surface area (Å²) in [4.78, 5) is 21.8. The van der Waals surface area contributed by atoms with Gasteiger partial charge in [0.1, 0.15) is 0 Å². The lowest BCUT2D eigenvalue weighted by Crippen LogP contribution is -2.45. The van der Waals surface area contributed by atoms with Gasteiger partial charge in [0.15, 0.2) is 0 Å². The monoisotopic (exact) mass is 281 g/mol. The van der Waals surface area contributed by atoms with Crippen LogP contribution < -0.4 is 5.73 Å². The van der Waals surface area contributed by atoms with Crippen LogP contribution in [0.2, 0.25) is 0 Å². The van der Waals surface area contributed by atoms with Crippen molar-refractivity contribution in [2.24, 2.45) is 0 Å². The second-order valence-corrected chi connectivity index (χ2v) is 6.73. The third-order valence-corrected chi connectivity index (χ3v) is 5.50. The average Bonchev–Trinajstić information content (AvgIpc) is 2.44. The van der Waals surface area contributed by atoms with Crippen LogP contribution in [0.3, 0.4) is 0 Å². The van der Waals surface area contributed by atoms with Crippen LogP contribution in [0.1, 0.15) is 21.5 Å². The molecule has 0 saturated heterocycles. The molecule has 0 aromatic heterocycles. The molecule has 102 valence electrons. The lowest BCUT2D eigenvalue weighted by Gasteiger charge is -2.24. The second-order valence-electron chi connectivity index (χ2n) is 3.78. The second kappa shape index (κ2) is 6.57. The molecule has 7 heteroatoms. The van der Waals surface area contributed by atoms with Gasteiger partial charge in [-0.2, -0.15) is 0 Å². The topological polar surface area (TPSA) is 85.6 Å². The largest absolute Gasteiger partial charge is 0.504 e. The van der Waals surface area contributed by atoms with Gasteiger partial charge in [-0.15, -0.1) is 0 Å². The Bertz CT molecular complexity index is 465. The van der Waals surface area contributed by atoms with Crippen molar-refractivity contribution < 1.29 is 22.9 Å². The Morgan fingerprint density at radius 3 is 2.26 bits per heavy atom. The van der Waals surface area contributed by atoms with Gasteiger partial charge in [-0.1, -0.05) is 6.07 Å². The highest BCUT2D eigenvalue weighted by molar-refractivity contribution is 6.60. The molecule has 0 aliphatic carbocycles. The molecule has 0 atom stereocenters. The summed E-state index contributed by atoms with van der Waals surface area (Å²) in [5.74, 6) is -0.918. The van der Waals surface area contributed by atoms with Crippen LogP contribution in [0, 0.1) is 0 Å². The summed E-state index contributed by atoms with van der Waals surface area (Å²) >= 11 is 0. The number of hydrogen-bond donors (Lipinski definition) is 0. The summed E-state index contributed by atoms with van der Waals surface area (Å²) in [6.07, 6.45) is 1.66. The van der Waals surface area contributed by atoms with Gasteiger partial charge in [0.2, 0.25) is 6.29 Å². The zero-order valence-corrected chi connectivity index (χ0v) is 12.0. The third-order valence-electron chi connectivity index (χ3n) is 2.79. The lowest BCUT2D eigenvalue weighted by atomic mass is 10.1. The van der Waals surface area contributed by atoms with Crippen molar-refractivity contribution in [2.75, 3.05) is 21.3 Å². The summed E-state index contributed by atoms with van der Waals surface area (Å²) in [7, 11) is 1.68. The van der Waals surface area contributed by atoms with E-state index in [1.54, 1.807) is 12.4 Å². The molecular weight excluding hydrogens is 266 g/mol. The van der Waals surface area contributed by atoms with E-state index in [0.717, 1.165) is 5.56 Å². The van der Waals surface area contributed by atoms with Gasteiger partial charge in [0.05, 0.1) is 5.56 Å². The highest BCUT2D eigenvalue weighted by Gasteiger charge is 2.38. The molecule has 1 aromatic carbocycles. The van der Waals surface area contributed by atoms with Gasteiger partial charge >= 0.3 is 8.80 Å². The molecule has 2 radical (unpaired) electrons. The van der Waals surface area contributed by atoms with Crippen LogP contribution in [-0.2, 0) is 24.1 Å². The minimum Gasteiger partial charge on any atom is -0.377 e. The average molecular weight is 281 g/mol. The van der Waals surface area contributed by atoms with E-state index in [4.69, 9.17) is 19.0 Å². The van der Waals surface area contributed by atoms with E-state index in [1.807, 2.05) is 0 Å². The fourth-order valence-electron chi connectivity index (χ4n) is 1.70. The molecule has 0 aliphatic rings. The van der Waals surface area contributed by atoms with E-state index in [1.165, 1.54) is 33.5 Å². The van der Waals surface area contributed by atoms with E-state index in [-0.39, 0.29) is 11.1 Å². The molecule has 0 spiro atoms. The van der Waals surface area contributed by atoms with Crippen molar-refractivity contribution in [3.8, 4) is 0 Å². The van der Waals surface area contributed by atoms with E-state index in [9.17, 15) is 9.59 Å². The number of hydrogen-bond acceptors (Lipinski definition) is 5. The maximum absolute atomic E-state index is 11.0. The molecule has 1 N–H and O–H groups in total. The zero-order valence-electron chi connectivity index (χ0n) is 11.0. The van der Waals surface area contributed by atoms with Crippen molar-refractivity contribution in [1.29, 1.82) is 0 Å². The first kappa shape index (κ1) is 15.5. The van der Waals surface area contributed by atoms with Gasteiger partial charge in [0, 0.05) is 32.9 Å². The van der Waals surface area contributed by atoms with E-state index < -0.39 is 14.7 Å². The summed E-state index contributed by atoms with van der Waals surface area (Å²) in [5, 5.41) is 0. The number of nitrogens with one attached hydrogen (secondary N) is 1. The van der Waals surface area contributed by atoms with Crippen LogP contribution in [0.25, 0.3) is 0 Å². The first-order valence-corrected chi connectivity index (χ1v) is 7.37. The van der Waals surface area contributed by atoms with Crippen molar-refractivity contribution in [1.82, 2.24) is 5.73 Å². The Balaban J connectivity index is 3.09. The minimum absolute atomic E-state index is 0.0262. The predicted molar refractivity (Wildman–Crippen MR) is 69.1 cm³/mol. The SMILES string of the molecule is CO[Si](Cc1ccc(C([NH])=O)c([C]=O)c1)(OC)OC. The molecule has 1 rings (SSSR count). The molecule has 0 saturated carbocycles. The Morgan fingerprint density at radius 1 is 1.26 bits per heavy atom. The Morgan fingerprint density at radius 2 is 1.84 bits per heavy atom. The van der Waals surface area contributed by atoms with Crippen molar-refractivity contribution >= 4 is 21.0 Å². The van der Waals surface area contributed by atoms with Crippen LogP contribution in [0.4, 0.5) is 0 Å². The van der Waals surface area contributed by atoms with E-state index >= 15 is 0 Å². The molecule has 0 aliphatic heterocycles. The standard InChI is InChI=1S/C12H15NO5Si/c1-16-19(17-2,18-3)8-9-4-5-11(12(13)15)10(6-9)7-14/h4-6,13H,8H2,1-3H3. The van der Waals surface area contributed by atoms with Crippen LogP contribution in [0.15, 0.2) is 18.2 Å². The number of rotatable bonds is 7. The zero-order chi connectivity index (χ0) is 14.5. The van der Waals surface area contributed by atoms with Gasteiger partial charge in [-0.25, -0.2) is 0 Å². The first-order valence-electron chi connectivity index (χ1n) is 5.44. The summed E-state index contributed by atoms with van der Waals surface area (Å²) < 4.78 is 15.9. The molecule has 6 nitrogen and oxygen atoms in total. The number of carbonyl (C=O) groups excluding carboxylic acids is 2. The quantitative estimate of drug-likeness (QED) is 0.680. The van der Waals surface area contributed by atoms with Gasteiger partial charge in [-0.3, -0.25) is 15.3 Å². The maximum Gasteiger partial charge on any atom is 0.504 e. The first-order chi connectivity index (χ1) is 9.01. The fourth-order valence-corrected chi connectivity index (χ4v) is 3.35. The van der Waals surface area contributed by atoms with Crippen molar-refractivity contribution in [3.63, 3.8) is 0 Å². The highest BCUT2D eigenvalue weighted by atomic mass is 28.4. The molecular formula is C12H15NO5Si. The van der Waals surface area contributed by atoms with Crippen LogP contribution in [0.5, 0.6) is 0 Å². The van der Waals surface area contributed by atoms with Crippen LogP contribution in [-0.4, -0.2) is 42.3 Å². The normalized spacial score (nSPS) is 11.3. The lowest BCUT2D eigenvalue weighted by molar-refractivity contribution is 0.0992. The predicted octanol–water partition coefficient (Wildman–Crippen LogP) is 0.527. The van der Waals surface area contributed by atoms with Crippen molar-refractivity contribution in [2.45, 2.75) is 6.04 Å². The van der Waals surface area contributed by atoms with Gasteiger partial charge < -0.3 is 13.3 Å². The summed E-state index contributed by atoms with van der Waals surface area (Å²) in [6.45, 7) is 0. The van der Waals surface area contributed by atoms with Crippen LogP contribution >= 0.6 is 0 Å². The minimum atomic E-state index is -2.80. The highest BCUT2D eigenvalue weighted by Crippen LogP contribution is 2.17. The Kier molecular flexibility index (Phi) is 5.37. The molecule has 0 unspecified atom stereocenters. The number of carbonyl (C=O) groups is 1. The van der Waals surface area contributed by atoms with Crippen molar-refractivity contribution in [3.05, 3.63) is 34.9 Å². The molecule has 19 heavy (non-hydrogen) atoms. The molecule has 1 aromatic rings. The molecule has 0 fully saturated rings. The Labute approximate surface area is 112 Å². The number of amides is 1. The summed E-state index contributed by atoms with van der Waals surface area (Å²) in [5.41, 5.74) is 7.85. The summed E-state index contributed by atoms with van der Waals surface area (Å²) in [6, 6.07) is 4.91. The molecule has 0 heterocycles. The molecule has 0 bridgehead atoms. The Hall–Kier alpha value is -1.54. The van der Waals surface area contributed by atoms with Gasteiger partial charge in [-0.05, 0) is 17.7 Å². The van der Waals surface area contributed by atoms with E-state index in [2.05, 4.69) is 0 Å². The van der Waals surface area contributed by atoms with Gasteiger partial charge in [0.25, 0.3) is 5.91 Å². The third kappa shape index (κ3) is 3.48. The smallest absolute Gasteiger partial charge is 0.377 e. The maximum atomic E-state index is 11.0. The van der Waals surface area contributed by atoms with E-state index in [0.29, 0.717) is 6.04 Å². The number of benzene rings is 1. The molecule has 1 amide bonds.